The molecule has 0 spiro atoms. The molecular weight excluding hydrogens is 268 g/mol. The van der Waals surface area contributed by atoms with Crippen LogP contribution in [0.5, 0.6) is 0 Å². The van der Waals surface area contributed by atoms with Gasteiger partial charge in [-0.3, -0.25) is 4.79 Å². The van der Waals surface area contributed by atoms with E-state index in [1.54, 1.807) is 11.3 Å². The Balaban J connectivity index is 1.73. The molecule has 20 heavy (non-hydrogen) atoms. The topological polar surface area (TPSA) is 55.1 Å². The molecule has 1 aromatic rings. The van der Waals surface area contributed by atoms with Crippen molar-refractivity contribution in [1.82, 2.24) is 5.32 Å². The smallest absolute Gasteiger partial charge is 0.220 e. The minimum atomic E-state index is 0.180. The molecule has 1 saturated carbocycles. The largest absolute Gasteiger partial charge is 0.351 e. The van der Waals surface area contributed by atoms with Crippen LogP contribution in [-0.4, -0.2) is 12.5 Å². The van der Waals surface area contributed by atoms with Crippen molar-refractivity contribution in [3.8, 4) is 11.8 Å². The highest BCUT2D eigenvalue weighted by Crippen LogP contribution is 2.26. The zero-order valence-corrected chi connectivity index (χ0v) is 12.6. The quantitative estimate of drug-likeness (QED) is 0.838. The lowest BCUT2D eigenvalue weighted by molar-refractivity contribution is -0.122. The van der Waals surface area contributed by atoms with Crippen LogP contribution in [-0.2, 0) is 11.3 Å². The second-order valence-electron chi connectivity index (χ2n) is 5.26. The number of carbonyl (C=O) groups is 1. The van der Waals surface area contributed by atoms with E-state index in [2.05, 4.69) is 17.2 Å². The first kappa shape index (κ1) is 15.1. The molecule has 0 atom stereocenters. The van der Waals surface area contributed by atoms with Crippen molar-refractivity contribution < 1.29 is 4.79 Å². The molecule has 0 aromatic carbocycles. The SMILES string of the molecule is NCC#Cc1ccc(CNC(=O)CC2CCCCC2)s1. The highest BCUT2D eigenvalue weighted by atomic mass is 32.1. The van der Waals surface area contributed by atoms with Crippen LogP contribution in [0.15, 0.2) is 12.1 Å². The fourth-order valence-corrected chi connectivity index (χ4v) is 3.41. The summed E-state index contributed by atoms with van der Waals surface area (Å²) in [5.41, 5.74) is 5.34. The van der Waals surface area contributed by atoms with E-state index < -0.39 is 0 Å². The second kappa shape index (κ2) is 8.08. The van der Waals surface area contributed by atoms with Crippen LogP contribution in [0.4, 0.5) is 0 Å². The van der Waals surface area contributed by atoms with Gasteiger partial charge >= 0.3 is 0 Å². The van der Waals surface area contributed by atoms with E-state index in [1.807, 2.05) is 12.1 Å². The predicted octanol–water partition coefficient (Wildman–Crippen LogP) is 2.64. The van der Waals surface area contributed by atoms with Crippen molar-refractivity contribution in [3.63, 3.8) is 0 Å². The van der Waals surface area contributed by atoms with E-state index in [0.717, 1.165) is 9.75 Å². The van der Waals surface area contributed by atoms with Gasteiger partial charge in [0.1, 0.15) is 0 Å². The molecule has 0 bridgehead atoms. The minimum Gasteiger partial charge on any atom is -0.351 e. The number of hydrogen-bond acceptors (Lipinski definition) is 3. The van der Waals surface area contributed by atoms with Crippen molar-refractivity contribution in [2.45, 2.75) is 45.1 Å². The maximum absolute atomic E-state index is 11.9. The predicted molar refractivity (Wildman–Crippen MR) is 83.3 cm³/mol. The van der Waals surface area contributed by atoms with Crippen LogP contribution >= 0.6 is 11.3 Å². The lowest BCUT2D eigenvalue weighted by Crippen LogP contribution is -2.25. The molecule has 3 nitrogen and oxygen atoms in total. The van der Waals surface area contributed by atoms with Crippen LogP contribution in [0.2, 0.25) is 0 Å². The minimum absolute atomic E-state index is 0.180. The summed E-state index contributed by atoms with van der Waals surface area (Å²) in [6.45, 7) is 0.992. The van der Waals surface area contributed by atoms with Crippen molar-refractivity contribution in [1.29, 1.82) is 0 Å². The van der Waals surface area contributed by atoms with E-state index in [-0.39, 0.29) is 5.91 Å². The van der Waals surface area contributed by atoms with Gasteiger partial charge in [-0.25, -0.2) is 0 Å². The van der Waals surface area contributed by atoms with Gasteiger partial charge in [-0.05, 0) is 30.9 Å². The first-order valence-electron chi connectivity index (χ1n) is 7.32. The molecule has 0 radical (unpaired) electrons. The third-order valence-corrected chi connectivity index (χ3v) is 4.63. The highest BCUT2D eigenvalue weighted by molar-refractivity contribution is 7.12. The fourth-order valence-electron chi connectivity index (χ4n) is 2.59. The van der Waals surface area contributed by atoms with Gasteiger partial charge < -0.3 is 11.1 Å². The molecular formula is C16H22N2OS. The summed E-state index contributed by atoms with van der Waals surface area (Å²) >= 11 is 1.62. The summed E-state index contributed by atoms with van der Waals surface area (Å²) in [7, 11) is 0. The maximum Gasteiger partial charge on any atom is 0.220 e. The Hall–Kier alpha value is -1.31. The Bertz CT molecular complexity index is 492. The zero-order valence-electron chi connectivity index (χ0n) is 11.8. The van der Waals surface area contributed by atoms with Gasteiger partial charge in [0.25, 0.3) is 0 Å². The van der Waals surface area contributed by atoms with Gasteiger partial charge in [0.2, 0.25) is 5.91 Å². The fraction of sp³-hybridized carbons (Fsp3) is 0.562. The number of hydrogen-bond donors (Lipinski definition) is 2. The molecule has 0 unspecified atom stereocenters. The molecule has 108 valence electrons. The second-order valence-corrected chi connectivity index (χ2v) is 6.43. The number of nitrogens with one attached hydrogen (secondary N) is 1. The van der Waals surface area contributed by atoms with E-state index in [9.17, 15) is 4.79 Å². The van der Waals surface area contributed by atoms with E-state index in [4.69, 9.17) is 5.73 Å². The third kappa shape index (κ3) is 4.99. The van der Waals surface area contributed by atoms with Gasteiger partial charge in [-0.2, -0.15) is 0 Å². The summed E-state index contributed by atoms with van der Waals surface area (Å²) in [5.74, 6) is 6.62. The standard InChI is InChI=1S/C16H22N2OS/c17-10-4-7-14-8-9-15(20-14)12-18-16(19)11-13-5-2-1-3-6-13/h8-9,13H,1-3,5-6,10-12,17H2,(H,18,19). The van der Waals surface area contributed by atoms with Crippen molar-refractivity contribution >= 4 is 17.2 Å². The van der Waals surface area contributed by atoms with Crippen LogP contribution in [0.25, 0.3) is 0 Å². The Morgan fingerprint density at radius 3 is 2.90 bits per heavy atom. The van der Waals surface area contributed by atoms with Gasteiger partial charge in [0.15, 0.2) is 0 Å². The highest BCUT2D eigenvalue weighted by Gasteiger charge is 2.16. The zero-order chi connectivity index (χ0) is 14.2. The Morgan fingerprint density at radius 1 is 1.35 bits per heavy atom. The summed E-state index contributed by atoms with van der Waals surface area (Å²) in [6.07, 6.45) is 7.01. The first-order valence-corrected chi connectivity index (χ1v) is 8.14. The molecule has 1 aliphatic rings. The summed E-state index contributed by atoms with van der Waals surface area (Å²) in [5, 5.41) is 3.01. The van der Waals surface area contributed by atoms with Gasteiger partial charge in [-0.15, -0.1) is 11.3 Å². The molecule has 3 N–H and O–H groups in total. The van der Waals surface area contributed by atoms with Crippen LogP contribution in [0, 0.1) is 17.8 Å². The molecule has 0 aliphatic heterocycles. The molecule has 1 aliphatic carbocycles. The van der Waals surface area contributed by atoms with Crippen molar-refractivity contribution in [2.75, 3.05) is 6.54 Å². The lowest BCUT2D eigenvalue weighted by atomic mass is 9.87. The van der Waals surface area contributed by atoms with Gasteiger partial charge in [0, 0.05) is 11.3 Å². The molecule has 4 heteroatoms. The number of amides is 1. The molecule has 1 heterocycles. The Kier molecular flexibility index (Phi) is 6.10. The molecule has 2 rings (SSSR count). The summed E-state index contributed by atoms with van der Waals surface area (Å²) in [4.78, 5) is 14.1. The van der Waals surface area contributed by atoms with Crippen molar-refractivity contribution in [2.24, 2.45) is 11.7 Å². The van der Waals surface area contributed by atoms with Gasteiger partial charge in [0.05, 0.1) is 18.0 Å². The number of nitrogens with two attached hydrogens (primary N) is 1. The normalized spacial score (nSPS) is 15.4. The summed E-state index contributed by atoms with van der Waals surface area (Å²) in [6, 6.07) is 4.00. The Labute approximate surface area is 124 Å². The third-order valence-electron chi connectivity index (χ3n) is 3.63. The maximum atomic E-state index is 11.9. The lowest BCUT2D eigenvalue weighted by Gasteiger charge is -2.20. The molecule has 1 aromatic heterocycles. The van der Waals surface area contributed by atoms with E-state index in [1.165, 1.54) is 32.1 Å². The monoisotopic (exact) mass is 290 g/mol. The number of thiophene rings is 1. The number of carbonyl (C=O) groups excluding carboxylic acids is 1. The Morgan fingerprint density at radius 2 is 2.15 bits per heavy atom. The average molecular weight is 290 g/mol. The van der Waals surface area contributed by atoms with E-state index in [0.29, 0.717) is 25.4 Å². The van der Waals surface area contributed by atoms with Gasteiger partial charge in [-0.1, -0.05) is 31.1 Å². The van der Waals surface area contributed by atoms with E-state index >= 15 is 0 Å². The average Bonchev–Trinajstić information content (AvgIpc) is 2.92. The van der Waals surface area contributed by atoms with Crippen LogP contribution in [0.1, 0.15) is 48.3 Å². The van der Waals surface area contributed by atoms with Crippen LogP contribution in [0.3, 0.4) is 0 Å². The van der Waals surface area contributed by atoms with Crippen molar-refractivity contribution in [3.05, 3.63) is 21.9 Å². The molecule has 0 saturated heterocycles. The van der Waals surface area contributed by atoms with Crippen LogP contribution < -0.4 is 11.1 Å². The number of rotatable bonds is 4. The molecule has 1 fully saturated rings. The first-order chi connectivity index (χ1) is 9.78. The summed E-state index contributed by atoms with van der Waals surface area (Å²) < 4.78 is 0. The molecule has 1 amide bonds.